The first-order valence-corrected chi connectivity index (χ1v) is 15.5. The zero-order valence-electron chi connectivity index (χ0n) is 23.3. The van der Waals surface area contributed by atoms with Crippen LogP contribution in [-0.2, 0) is 0 Å². The Morgan fingerprint density at radius 2 is 0.697 bits per heavy atom. The van der Waals surface area contributed by atoms with E-state index in [2.05, 4.69) is 43.0 Å². The summed E-state index contributed by atoms with van der Waals surface area (Å²) in [5, 5.41) is 0. The highest BCUT2D eigenvalue weighted by Gasteiger charge is 2.24. The highest BCUT2D eigenvalue weighted by Crippen LogP contribution is 2.23. The van der Waals surface area contributed by atoms with Crippen molar-refractivity contribution in [3.63, 3.8) is 0 Å². The lowest BCUT2D eigenvalue weighted by Gasteiger charge is -2.33. The van der Waals surface area contributed by atoms with Crippen molar-refractivity contribution in [2.45, 2.75) is 175 Å². The van der Waals surface area contributed by atoms with E-state index in [1.807, 2.05) is 0 Å². The lowest BCUT2D eigenvalue weighted by Crippen LogP contribution is -2.39. The van der Waals surface area contributed by atoms with Crippen molar-refractivity contribution in [2.24, 2.45) is 0 Å². The molecular weight excluding hydrogens is 400 g/mol. The van der Waals surface area contributed by atoms with Crippen LogP contribution < -0.4 is 0 Å². The molecule has 0 saturated carbocycles. The summed E-state index contributed by atoms with van der Waals surface area (Å²) in [7, 11) is 0. The summed E-state index contributed by atoms with van der Waals surface area (Å²) in [4.78, 5) is 5.36. The molecular formula is C31H62N2. The summed E-state index contributed by atoms with van der Waals surface area (Å²) in [5.74, 6) is 0. The van der Waals surface area contributed by atoms with E-state index in [9.17, 15) is 0 Å². The van der Waals surface area contributed by atoms with Crippen molar-refractivity contribution < 1.29 is 0 Å². The molecule has 0 N–H and O–H groups in total. The average Bonchev–Trinajstić information content (AvgIpc) is 3.21. The third-order valence-electron chi connectivity index (χ3n) is 7.57. The monoisotopic (exact) mass is 462 g/mol. The van der Waals surface area contributed by atoms with Gasteiger partial charge in [-0.3, -0.25) is 0 Å². The third kappa shape index (κ3) is 16.6. The molecule has 1 atom stereocenters. The van der Waals surface area contributed by atoms with Gasteiger partial charge in [0.05, 0.1) is 0 Å². The van der Waals surface area contributed by atoms with E-state index in [-0.39, 0.29) is 0 Å². The summed E-state index contributed by atoms with van der Waals surface area (Å²) in [6.07, 6.45) is 38.0. The van der Waals surface area contributed by atoms with E-state index < -0.39 is 0 Å². The Hall–Kier alpha value is -0.660. The number of rotatable bonds is 25. The predicted molar refractivity (Wildman–Crippen MR) is 150 cm³/mol. The number of unbranched alkanes of at least 4 members (excludes halogenated alkanes) is 19. The van der Waals surface area contributed by atoms with Crippen molar-refractivity contribution in [3.05, 3.63) is 12.4 Å². The largest absolute Gasteiger partial charge is 0.356 e. The zero-order valence-corrected chi connectivity index (χ0v) is 23.3. The standard InChI is InChI=1S/C31H62N2/c1-4-7-10-13-15-16-17-18-20-22-25-28-33-30-29-32(31(33)26-23-12-9-6-3)27-24-21-19-14-11-8-5-2/h29-31H,4-28H2,1-3H3. The minimum Gasteiger partial charge on any atom is -0.356 e. The second kappa shape index (κ2) is 23.1. The smallest absolute Gasteiger partial charge is 0.101 e. The zero-order chi connectivity index (χ0) is 23.8. The van der Waals surface area contributed by atoms with Crippen LogP contribution in [0.5, 0.6) is 0 Å². The van der Waals surface area contributed by atoms with Gasteiger partial charge in [0.1, 0.15) is 6.17 Å². The maximum Gasteiger partial charge on any atom is 0.101 e. The fourth-order valence-corrected chi connectivity index (χ4v) is 5.30. The molecule has 0 spiro atoms. The molecule has 1 rings (SSSR count). The van der Waals surface area contributed by atoms with Gasteiger partial charge in [-0.15, -0.1) is 0 Å². The molecule has 1 aliphatic rings. The van der Waals surface area contributed by atoms with Crippen LogP contribution in [0.3, 0.4) is 0 Å². The van der Waals surface area contributed by atoms with Gasteiger partial charge in [-0.05, 0) is 25.7 Å². The van der Waals surface area contributed by atoms with E-state index in [1.54, 1.807) is 0 Å². The van der Waals surface area contributed by atoms with Crippen molar-refractivity contribution in [1.29, 1.82) is 0 Å². The van der Waals surface area contributed by atoms with Gasteiger partial charge in [0.25, 0.3) is 0 Å². The molecule has 196 valence electrons. The number of nitrogens with zero attached hydrogens (tertiary/aromatic N) is 2. The lowest BCUT2D eigenvalue weighted by molar-refractivity contribution is 0.135. The van der Waals surface area contributed by atoms with Crippen LogP contribution >= 0.6 is 0 Å². The molecule has 0 aliphatic carbocycles. The Morgan fingerprint density at radius 3 is 1.06 bits per heavy atom. The van der Waals surface area contributed by atoms with Gasteiger partial charge in [-0.2, -0.15) is 0 Å². The van der Waals surface area contributed by atoms with Gasteiger partial charge < -0.3 is 9.80 Å². The summed E-state index contributed by atoms with van der Waals surface area (Å²) < 4.78 is 0. The molecule has 1 unspecified atom stereocenters. The van der Waals surface area contributed by atoms with E-state index in [4.69, 9.17) is 0 Å². The molecule has 33 heavy (non-hydrogen) atoms. The molecule has 0 bridgehead atoms. The van der Waals surface area contributed by atoms with Crippen LogP contribution in [0.4, 0.5) is 0 Å². The van der Waals surface area contributed by atoms with Crippen LogP contribution in [0, 0.1) is 0 Å². The van der Waals surface area contributed by atoms with Crippen molar-refractivity contribution >= 4 is 0 Å². The molecule has 1 aliphatic heterocycles. The Morgan fingerprint density at radius 1 is 0.394 bits per heavy atom. The minimum absolute atomic E-state index is 0.644. The molecule has 0 radical (unpaired) electrons. The summed E-state index contributed by atoms with van der Waals surface area (Å²) in [6, 6.07) is 0. The highest BCUT2D eigenvalue weighted by molar-refractivity contribution is 4.97. The first kappa shape index (κ1) is 30.4. The van der Waals surface area contributed by atoms with Gasteiger partial charge in [-0.1, -0.05) is 143 Å². The number of hydrogen-bond donors (Lipinski definition) is 0. The fourth-order valence-electron chi connectivity index (χ4n) is 5.30. The van der Waals surface area contributed by atoms with Crippen LogP contribution in [-0.4, -0.2) is 29.1 Å². The SMILES string of the molecule is CCCCCCCCCCCCCN1C=CN(CCCCCCCCC)C1CCCCCC. The summed E-state index contributed by atoms with van der Waals surface area (Å²) >= 11 is 0. The first-order chi connectivity index (χ1) is 16.3. The van der Waals surface area contributed by atoms with Crippen LogP contribution in [0.2, 0.25) is 0 Å². The normalized spacial score (nSPS) is 15.8. The summed E-state index contributed by atoms with van der Waals surface area (Å²) in [5.41, 5.74) is 0. The highest BCUT2D eigenvalue weighted by atomic mass is 15.4. The van der Waals surface area contributed by atoms with Crippen molar-refractivity contribution in [3.8, 4) is 0 Å². The van der Waals surface area contributed by atoms with Gasteiger partial charge in [0.15, 0.2) is 0 Å². The Bertz CT molecular complexity index is 419. The van der Waals surface area contributed by atoms with Crippen LogP contribution in [0.1, 0.15) is 168 Å². The fraction of sp³-hybridized carbons (Fsp3) is 0.935. The lowest BCUT2D eigenvalue weighted by atomic mass is 10.1. The van der Waals surface area contributed by atoms with E-state index in [0.717, 1.165) is 0 Å². The topological polar surface area (TPSA) is 6.48 Å². The molecule has 0 fully saturated rings. The van der Waals surface area contributed by atoms with E-state index in [1.165, 1.54) is 161 Å². The predicted octanol–water partition coefficient (Wildman–Crippen LogP) is 10.4. The molecule has 0 amide bonds. The first-order valence-electron chi connectivity index (χ1n) is 15.5. The van der Waals surface area contributed by atoms with Crippen molar-refractivity contribution in [1.82, 2.24) is 9.80 Å². The van der Waals surface area contributed by atoms with Crippen LogP contribution in [0.25, 0.3) is 0 Å². The molecule has 0 aromatic rings. The molecule has 1 heterocycles. The molecule has 0 aromatic heterocycles. The van der Waals surface area contributed by atoms with Crippen LogP contribution in [0.15, 0.2) is 12.4 Å². The van der Waals surface area contributed by atoms with Gasteiger partial charge in [-0.25, -0.2) is 0 Å². The van der Waals surface area contributed by atoms with Gasteiger partial charge in [0.2, 0.25) is 0 Å². The van der Waals surface area contributed by atoms with Crippen molar-refractivity contribution in [2.75, 3.05) is 13.1 Å². The maximum atomic E-state index is 2.68. The Kier molecular flexibility index (Phi) is 21.3. The van der Waals surface area contributed by atoms with Gasteiger partial charge in [0, 0.05) is 25.5 Å². The minimum atomic E-state index is 0.644. The number of hydrogen-bond acceptors (Lipinski definition) is 2. The van der Waals surface area contributed by atoms with Gasteiger partial charge >= 0.3 is 0 Å². The van der Waals surface area contributed by atoms with E-state index in [0.29, 0.717) is 6.17 Å². The molecule has 0 aromatic carbocycles. The third-order valence-corrected chi connectivity index (χ3v) is 7.57. The summed E-state index contributed by atoms with van der Waals surface area (Å²) in [6.45, 7) is 9.46. The Labute approximate surface area is 210 Å². The average molecular weight is 463 g/mol. The Balaban J connectivity index is 2.18. The second-order valence-corrected chi connectivity index (χ2v) is 10.8. The molecule has 2 heteroatoms. The second-order valence-electron chi connectivity index (χ2n) is 10.8. The molecule has 2 nitrogen and oxygen atoms in total. The molecule has 0 saturated heterocycles. The maximum absolute atomic E-state index is 2.68. The van der Waals surface area contributed by atoms with E-state index >= 15 is 0 Å². The quantitative estimate of drug-likeness (QED) is 0.124.